The van der Waals surface area contributed by atoms with Crippen LogP contribution in [0.5, 0.6) is 0 Å². The van der Waals surface area contributed by atoms with E-state index >= 15 is 0 Å². The van der Waals surface area contributed by atoms with Gasteiger partial charge in [-0.2, -0.15) is 0 Å². The third kappa shape index (κ3) is 4.84. The lowest BCUT2D eigenvalue weighted by Gasteiger charge is -2.03. The molecule has 0 radical (unpaired) electrons. The van der Waals surface area contributed by atoms with E-state index in [2.05, 4.69) is 5.32 Å². The van der Waals surface area contributed by atoms with E-state index in [0.29, 0.717) is 18.5 Å². The van der Waals surface area contributed by atoms with Gasteiger partial charge in [0, 0.05) is 18.2 Å². The number of halogens is 2. The van der Waals surface area contributed by atoms with Crippen molar-refractivity contribution in [2.75, 3.05) is 6.54 Å². The van der Waals surface area contributed by atoms with Gasteiger partial charge >= 0.3 is 0 Å². The van der Waals surface area contributed by atoms with Crippen molar-refractivity contribution in [2.45, 2.75) is 6.42 Å². The van der Waals surface area contributed by atoms with Crippen LogP contribution in [0.3, 0.4) is 0 Å². The Bertz CT molecular complexity index is 635. The quantitative estimate of drug-likeness (QED) is 0.840. The Morgan fingerprint density at radius 2 is 1.76 bits per heavy atom. The van der Waals surface area contributed by atoms with Crippen LogP contribution in [0.1, 0.15) is 11.1 Å². The van der Waals surface area contributed by atoms with Gasteiger partial charge in [0.15, 0.2) is 0 Å². The second-order valence-electron chi connectivity index (χ2n) is 4.52. The van der Waals surface area contributed by atoms with Gasteiger partial charge < -0.3 is 5.32 Å². The Morgan fingerprint density at radius 3 is 2.48 bits per heavy atom. The second-order valence-corrected chi connectivity index (χ2v) is 4.52. The number of nitrogens with one attached hydrogen (secondary N) is 1. The molecule has 1 amide bonds. The molecule has 0 aromatic heterocycles. The van der Waals surface area contributed by atoms with Crippen LogP contribution in [-0.4, -0.2) is 12.5 Å². The van der Waals surface area contributed by atoms with Crippen molar-refractivity contribution in [1.29, 1.82) is 0 Å². The summed E-state index contributed by atoms with van der Waals surface area (Å²) < 4.78 is 26.1. The highest BCUT2D eigenvalue weighted by molar-refractivity contribution is 5.91. The van der Waals surface area contributed by atoms with Gasteiger partial charge in [-0.1, -0.05) is 30.3 Å². The third-order valence-electron chi connectivity index (χ3n) is 2.95. The molecule has 2 aromatic rings. The molecule has 0 aliphatic carbocycles. The van der Waals surface area contributed by atoms with Gasteiger partial charge in [0.1, 0.15) is 11.6 Å². The maximum atomic E-state index is 13.3. The van der Waals surface area contributed by atoms with Gasteiger partial charge in [-0.25, -0.2) is 8.78 Å². The molecule has 4 heteroatoms. The number of benzene rings is 2. The van der Waals surface area contributed by atoms with E-state index in [1.807, 2.05) is 0 Å². The van der Waals surface area contributed by atoms with Crippen LogP contribution in [-0.2, 0) is 11.2 Å². The zero-order chi connectivity index (χ0) is 15.1. The standard InChI is InChI=1S/C17H15F2NO/c18-15-8-5-13(6-9-15)11-12-20-17(21)10-7-14-3-1-2-4-16(14)19/h1-10H,11-12H2,(H,20,21)/b10-7+. The monoisotopic (exact) mass is 287 g/mol. The maximum Gasteiger partial charge on any atom is 0.244 e. The van der Waals surface area contributed by atoms with Crippen LogP contribution in [0, 0.1) is 11.6 Å². The molecule has 0 heterocycles. The Kier molecular flexibility index (Phi) is 5.21. The number of amides is 1. The molecule has 0 spiro atoms. The van der Waals surface area contributed by atoms with Crippen molar-refractivity contribution < 1.29 is 13.6 Å². The zero-order valence-corrected chi connectivity index (χ0v) is 11.4. The van der Waals surface area contributed by atoms with Crippen molar-refractivity contribution in [3.63, 3.8) is 0 Å². The van der Waals surface area contributed by atoms with Crippen LogP contribution in [0.2, 0.25) is 0 Å². The molecule has 21 heavy (non-hydrogen) atoms. The summed E-state index contributed by atoms with van der Waals surface area (Å²) in [7, 11) is 0. The third-order valence-corrected chi connectivity index (χ3v) is 2.95. The molecule has 0 fully saturated rings. The zero-order valence-electron chi connectivity index (χ0n) is 11.4. The average molecular weight is 287 g/mol. The average Bonchev–Trinajstić information content (AvgIpc) is 2.48. The molecule has 0 unspecified atom stereocenters. The number of carbonyl (C=O) groups excluding carboxylic acids is 1. The minimum absolute atomic E-state index is 0.282. The first-order valence-electron chi connectivity index (χ1n) is 6.60. The van der Waals surface area contributed by atoms with Gasteiger partial charge in [0.25, 0.3) is 0 Å². The van der Waals surface area contributed by atoms with E-state index in [0.717, 1.165) is 5.56 Å². The molecule has 0 aliphatic rings. The Labute approximate surface area is 122 Å². The normalized spacial score (nSPS) is 10.8. The fourth-order valence-corrected chi connectivity index (χ4v) is 1.82. The summed E-state index contributed by atoms with van der Waals surface area (Å²) in [6.07, 6.45) is 3.34. The minimum atomic E-state index is -0.368. The highest BCUT2D eigenvalue weighted by Crippen LogP contribution is 2.07. The van der Waals surface area contributed by atoms with Crippen molar-refractivity contribution in [1.82, 2.24) is 5.32 Å². The Hall–Kier alpha value is -2.49. The lowest BCUT2D eigenvalue weighted by molar-refractivity contribution is -0.116. The smallest absolute Gasteiger partial charge is 0.244 e. The number of hydrogen-bond acceptors (Lipinski definition) is 1. The van der Waals surface area contributed by atoms with E-state index < -0.39 is 0 Å². The summed E-state index contributed by atoms with van der Waals surface area (Å²) in [4.78, 5) is 11.6. The summed E-state index contributed by atoms with van der Waals surface area (Å²) in [5.74, 6) is -0.941. The molecule has 108 valence electrons. The van der Waals surface area contributed by atoms with Crippen LogP contribution in [0.4, 0.5) is 8.78 Å². The lowest BCUT2D eigenvalue weighted by Crippen LogP contribution is -2.23. The van der Waals surface area contributed by atoms with Gasteiger partial charge in [-0.3, -0.25) is 4.79 Å². The summed E-state index contributed by atoms with van der Waals surface area (Å²) in [5.41, 5.74) is 1.31. The van der Waals surface area contributed by atoms with Crippen molar-refractivity contribution in [3.05, 3.63) is 77.4 Å². The Morgan fingerprint density at radius 1 is 1.05 bits per heavy atom. The predicted octanol–water partition coefficient (Wildman–Crippen LogP) is 3.34. The summed E-state index contributed by atoms with van der Waals surface area (Å²) in [6.45, 7) is 0.437. The molecule has 0 aliphatic heterocycles. The van der Waals surface area contributed by atoms with E-state index in [-0.39, 0.29) is 17.5 Å². The van der Waals surface area contributed by atoms with Crippen LogP contribution in [0.25, 0.3) is 6.08 Å². The topological polar surface area (TPSA) is 29.1 Å². The summed E-state index contributed by atoms with van der Waals surface area (Å²) in [6, 6.07) is 12.4. The first-order chi connectivity index (χ1) is 10.1. The molecule has 0 bridgehead atoms. The van der Waals surface area contributed by atoms with E-state index in [9.17, 15) is 13.6 Å². The van der Waals surface area contributed by atoms with Crippen molar-refractivity contribution >= 4 is 12.0 Å². The number of carbonyl (C=O) groups is 1. The summed E-state index contributed by atoms with van der Waals surface area (Å²) >= 11 is 0. The minimum Gasteiger partial charge on any atom is -0.352 e. The van der Waals surface area contributed by atoms with Crippen LogP contribution in [0.15, 0.2) is 54.6 Å². The Balaban J connectivity index is 1.80. The molecule has 1 N–H and O–H groups in total. The first kappa shape index (κ1) is 14.9. The van der Waals surface area contributed by atoms with Crippen LogP contribution < -0.4 is 5.32 Å². The van der Waals surface area contributed by atoms with Crippen molar-refractivity contribution in [3.8, 4) is 0 Å². The van der Waals surface area contributed by atoms with E-state index in [4.69, 9.17) is 0 Å². The molecule has 0 saturated heterocycles. The van der Waals surface area contributed by atoms with Crippen LogP contribution >= 0.6 is 0 Å². The van der Waals surface area contributed by atoms with Gasteiger partial charge in [0.2, 0.25) is 5.91 Å². The fraction of sp³-hybridized carbons (Fsp3) is 0.118. The molecule has 0 saturated carbocycles. The molecule has 2 nitrogen and oxygen atoms in total. The SMILES string of the molecule is O=C(/C=C/c1ccccc1F)NCCc1ccc(F)cc1. The molecular formula is C17H15F2NO. The van der Waals surface area contributed by atoms with E-state index in [1.165, 1.54) is 30.4 Å². The maximum absolute atomic E-state index is 13.3. The molecular weight excluding hydrogens is 272 g/mol. The molecule has 2 aromatic carbocycles. The van der Waals surface area contributed by atoms with Gasteiger partial charge in [0.05, 0.1) is 0 Å². The van der Waals surface area contributed by atoms with Gasteiger partial charge in [-0.05, 0) is 36.3 Å². The highest BCUT2D eigenvalue weighted by Gasteiger charge is 1.99. The number of rotatable bonds is 5. The fourth-order valence-electron chi connectivity index (χ4n) is 1.82. The van der Waals surface area contributed by atoms with E-state index in [1.54, 1.807) is 30.3 Å². The largest absolute Gasteiger partial charge is 0.352 e. The van der Waals surface area contributed by atoms with Gasteiger partial charge in [-0.15, -0.1) is 0 Å². The lowest BCUT2D eigenvalue weighted by atomic mass is 10.1. The molecule has 0 atom stereocenters. The second kappa shape index (κ2) is 7.33. The molecule has 2 rings (SSSR count). The highest BCUT2D eigenvalue weighted by atomic mass is 19.1. The predicted molar refractivity (Wildman–Crippen MR) is 78.5 cm³/mol. The first-order valence-corrected chi connectivity index (χ1v) is 6.60. The summed E-state index contributed by atoms with van der Waals surface area (Å²) in [5, 5.41) is 2.69. The number of hydrogen-bond donors (Lipinski definition) is 1. The van der Waals surface area contributed by atoms with Crippen molar-refractivity contribution in [2.24, 2.45) is 0 Å².